The van der Waals surface area contributed by atoms with Gasteiger partial charge in [0.25, 0.3) is 0 Å². The minimum absolute atomic E-state index is 0.104. The highest BCUT2D eigenvalue weighted by Gasteiger charge is 2.30. The zero-order valence-corrected chi connectivity index (χ0v) is 11.7. The Kier molecular flexibility index (Phi) is 7.14. The third kappa shape index (κ3) is 8.74. The van der Waals surface area contributed by atoms with Crippen molar-refractivity contribution in [2.75, 3.05) is 26.2 Å². The third-order valence-corrected chi connectivity index (χ3v) is 2.56. The van der Waals surface area contributed by atoms with Crippen LogP contribution in [0.5, 0.6) is 0 Å². The predicted octanol–water partition coefficient (Wildman–Crippen LogP) is -4.30. The van der Waals surface area contributed by atoms with E-state index in [4.69, 9.17) is 44.9 Å². The molecule has 16 N–H and O–H groups in total. The van der Waals surface area contributed by atoms with Gasteiger partial charge in [-0.2, -0.15) is 0 Å². The summed E-state index contributed by atoms with van der Waals surface area (Å²) in [5, 5.41) is 29.7. The Labute approximate surface area is 122 Å². The molecule has 0 rings (SSSR count). The Balaban J connectivity index is 5.12. The van der Waals surface area contributed by atoms with E-state index in [0.717, 1.165) is 0 Å². The summed E-state index contributed by atoms with van der Waals surface area (Å²) in [5.74, 6) is -0.785. The van der Waals surface area contributed by atoms with Gasteiger partial charge >= 0.3 is 0 Å². The predicted molar refractivity (Wildman–Crippen MR) is 82.9 cm³/mol. The zero-order valence-electron chi connectivity index (χ0n) is 11.7. The fraction of sp³-hybridized carbons (Fsp3) is 0.556. The average Bonchev–Trinajstić information content (AvgIpc) is 2.36. The van der Waals surface area contributed by atoms with Crippen LogP contribution in [0.2, 0.25) is 0 Å². The molecule has 0 aromatic carbocycles. The molecule has 0 saturated carbocycles. The number of rotatable bonds is 8. The number of hydrogen-bond acceptors (Lipinski definition) is 4. The highest BCUT2D eigenvalue weighted by atomic mass is 15.1. The van der Waals surface area contributed by atoms with Gasteiger partial charge < -0.3 is 44.6 Å². The minimum Gasteiger partial charge on any atom is -0.370 e. The van der Waals surface area contributed by atoms with Gasteiger partial charge in [0, 0.05) is 25.0 Å². The molecule has 21 heavy (non-hydrogen) atoms. The monoisotopic (exact) mass is 300 g/mol. The van der Waals surface area contributed by atoms with Gasteiger partial charge in [-0.15, -0.1) is 0 Å². The standard InChI is InChI=1S/C9H24N12/c10-5(11)18-1-9(2-19-6(12)13,3-20-7(14)15)4-21-8(16)17/h1-4H2,(H4,10,11,18)(H4,12,13,19)(H4,14,15,20)(H4,16,17,21). The molecule has 0 aromatic heterocycles. The molecule has 0 aliphatic heterocycles. The van der Waals surface area contributed by atoms with E-state index >= 15 is 0 Å². The van der Waals surface area contributed by atoms with Crippen molar-refractivity contribution in [2.24, 2.45) is 39.1 Å². The summed E-state index contributed by atoms with van der Waals surface area (Å²) in [6.07, 6.45) is 0. The first-order valence-corrected chi connectivity index (χ1v) is 5.96. The molecule has 0 bridgehead atoms. The van der Waals surface area contributed by atoms with Crippen LogP contribution in [0.25, 0.3) is 0 Å². The minimum atomic E-state index is -0.715. The van der Waals surface area contributed by atoms with E-state index in [9.17, 15) is 0 Å². The number of nitrogens with zero attached hydrogens (tertiary/aromatic N) is 1. The molecule has 0 atom stereocenters. The molecule has 0 spiro atoms. The van der Waals surface area contributed by atoms with Crippen molar-refractivity contribution in [3.05, 3.63) is 0 Å². The summed E-state index contributed by atoms with van der Waals surface area (Å²) in [4.78, 5) is 3.95. The van der Waals surface area contributed by atoms with Crippen LogP contribution >= 0.6 is 0 Å². The SMILES string of the molecule is N=C(N)NCC(CN=C(N)N)(CNC(=N)N)CNC(=N)N. The molecule has 120 valence electrons. The van der Waals surface area contributed by atoms with Crippen molar-refractivity contribution in [2.45, 2.75) is 0 Å². The average molecular weight is 300 g/mol. The molecule has 0 aliphatic carbocycles. The van der Waals surface area contributed by atoms with Gasteiger partial charge in [0.1, 0.15) is 0 Å². The van der Waals surface area contributed by atoms with Crippen LogP contribution in [0.3, 0.4) is 0 Å². The lowest BCUT2D eigenvalue weighted by molar-refractivity contribution is 0.295. The van der Waals surface area contributed by atoms with Crippen LogP contribution < -0.4 is 44.6 Å². The highest BCUT2D eigenvalue weighted by molar-refractivity contribution is 5.76. The van der Waals surface area contributed by atoms with Crippen molar-refractivity contribution in [1.82, 2.24) is 16.0 Å². The quantitative estimate of drug-likeness (QED) is 0.154. The van der Waals surface area contributed by atoms with Crippen molar-refractivity contribution in [1.29, 1.82) is 16.2 Å². The first-order chi connectivity index (χ1) is 9.67. The highest BCUT2D eigenvalue weighted by Crippen LogP contribution is 2.15. The lowest BCUT2D eigenvalue weighted by Crippen LogP contribution is -2.55. The van der Waals surface area contributed by atoms with E-state index in [2.05, 4.69) is 20.9 Å². The summed E-state index contributed by atoms with van der Waals surface area (Å²) < 4.78 is 0. The van der Waals surface area contributed by atoms with E-state index in [0.29, 0.717) is 0 Å². The van der Waals surface area contributed by atoms with E-state index < -0.39 is 5.41 Å². The van der Waals surface area contributed by atoms with Crippen molar-refractivity contribution in [3.63, 3.8) is 0 Å². The summed E-state index contributed by atoms with van der Waals surface area (Å²) >= 11 is 0. The zero-order chi connectivity index (χ0) is 16.5. The maximum Gasteiger partial charge on any atom is 0.185 e. The lowest BCUT2D eigenvalue weighted by atomic mass is 9.87. The smallest absolute Gasteiger partial charge is 0.185 e. The van der Waals surface area contributed by atoms with E-state index in [1.54, 1.807) is 0 Å². The number of nitrogens with two attached hydrogens (primary N) is 5. The van der Waals surface area contributed by atoms with Crippen LogP contribution in [0.1, 0.15) is 0 Å². The van der Waals surface area contributed by atoms with Crippen LogP contribution in [0.15, 0.2) is 4.99 Å². The van der Waals surface area contributed by atoms with Gasteiger partial charge in [0.15, 0.2) is 23.8 Å². The van der Waals surface area contributed by atoms with Crippen LogP contribution in [0, 0.1) is 21.6 Å². The fourth-order valence-corrected chi connectivity index (χ4v) is 1.46. The third-order valence-electron chi connectivity index (χ3n) is 2.56. The Morgan fingerprint density at radius 2 is 1.10 bits per heavy atom. The lowest BCUT2D eigenvalue weighted by Gasteiger charge is -2.33. The maximum absolute atomic E-state index is 7.23. The van der Waals surface area contributed by atoms with Crippen molar-refractivity contribution in [3.8, 4) is 0 Å². The number of hydrogen-bond donors (Lipinski definition) is 11. The molecule has 0 fully saturated rings. The Bertz CT molecular complexity index is 363. The molecule has 12 nitrogen and oxygen atoms in total. The van der Waals surface area contributed by atoms with Gasteiger partial charge in [0.2, 0.25) is 0 Å². The molecule has 12 heteroatoms. The molecule has 0 amide bonds. The summed E-state index contributed by atoms with van der Waals surface area (Å²) in [7, 11) is 0. The number of guanidine groups is 4. The van der Waals surface area contributed by atoms with Gasteiger partial charge in [-0.3, -0.25) is 21.2 Å². The maximum atomic E-state index is 7.23. The van der Waals surface area contributed by atoms with Gasteiger partial charge in [-0.1, -0.05) is 0 Å². The molecule has 0 radical (unpaired) electrons. The Morgan fingerprint density at radius 3 is 1.33 bits per heavy atom. The number of nitrogens with one attached hydrogen (secondary N) is 6. The number of aliphatic imine (C=N–C) groups is 1. The first kappa shape index (κ1) is 18.1. The molecule has 0 saturated heterocycles. The second kappa shape index (κ2) is 8.29. The van der Waals surface area contributed by atoms with E-state index in [1.165, 1.54) is 0 Å². The van der Waals surface area contributed by atoms with Crippen LogP contribution in [0.4, 0.5) is 0 Å². The summed E-state index contributed by atoms with van der Waals surface area (Å²) in [6.45, 7) is 0.773. The van der Waals surface area contributed by atoms with Gasteiger partial charge in [-0.25, -0.2) is 0 Å². The van der Waals surface area contributed by atoms with E-state index in [1.807, 2.05) is 0 Å². The molecule has 0 unspecified atom stereocenters. The summed E-state index contributed by atoms with van der Waals surface area (Å²) in [6, 6.07) is 0. The van der Waals surface area contributed by atoms with Gasteiger partial charge in [0.05, 0.1) is 6.54 Å². The second-order valence-electron chi connectivity index (χ2n) is 4.54. The topological polar surface area (TPSA) is 250 Å². The Morgan fingerprint density at radius 1 is 0.762 bits per heavy atom. The summed E-state index contributed by atoms with van der Waals surface area (Å²) in [5.41, 5.74) is 25.8. The molecular weight excluding hydrogens is 276 g/mol. The van der Waals surface area contributed by atoms with Gasteiger partial charge in [-0.05, 0) is 0 Å². The molecule has 0 heterocycles. The second-order valence-corrected chi connectivity index (χ2v) is 4.54. The van der Waals surface area contributed by atoms with Crippen LogP contribution in [-0.2, 0) is 0 Å². The molecular formula is C9H24N12. The van der Waals surface area contributed by atoms with Crippen molar-refractivity contribution < 1.29 is 0 Å². The Hall–Kier alpha value is -2.92. The largest absolute Gasteiger partial charge is 0.370 e. The fourth-order valence-electron chi connectivity index (χ4n) is 1.46. The van der Waals surface area contributed by atoms with Crippen molar-refractivity contribution >= 4 is 23.8 Å². The normalized spacial score (nSPS) is 12.6. The first-order valence-electron chi connectivity index (χ1n) is 5.96. The molecule has 0 aliphatic rings. The van der Waals surface area contributed by atoms with Crippen LogP contribution in [-0.4, -0.2) is 50.0 Å². The molecule has 0 aromatic rings. The van der Waals surface area contributed by atoms with E-state index in [-0.39, 0.29) is 50.0 Å².